The lowest BCUT2D eigenvalue weighted by atomic mass is 10.0. The van der Waals surface area contributed by atoms with Crippen molar-refractivity contribution < 1.29 is 14.3 Å². The Morgan fingerprint density at radius 2 is 2.00 bits per heavy atom. The first-order chi connectivity index (χ1) is 12.6. The Labute approximate surface area is 159 Å². The summed E-state index contributed by atoms with van der Waals surface area (Å²) in [6, 6.07) is 9.94. The number of nitriles is 1. The molecule has 0 radical (unpaired) electrons. The molecular formula is C18H14ClN3O3S. The minimum Gasteiger partial charge on any atom is -0.486 e. The third-order valence-electron chi connectivity index (χ3n) is 3.57. The molecule has 6 nitrogen and oxygen atoms in total. The quantitative estimate of drug-likeness (QED) is 0.284. The van der Waals surface area contributed by atoms with Crippen molar-refractivity contribution >= 4 is 40.0 Å². The minimum atomic E-state index is -0.249. The van der Waals surface area contributed by atoms with Crippen LogP contribution in [0.5, 0.6) is 11.5 Å². The van der Waals surface area contributed by atoms with Gasteiger partial charge in [-0.2, -0.15) is 5.26 Å². The minimum absolute atomic E-state index is 0.249. The molecule has 0 atom stereocenters. The van der Waals surface area contributed by atoms with E-state index in [4.69, 9.17) is 26.3 Å². The van der Waals surface area contributed by atoms with Crippen molar-refractivity contribution in [1.82, 2.24) is 5.32 Å². The molecule has 0 amide bonds. The zero-order valence-electron chi connectivity index (χ0n) is 13.8. The smallest absolute Gasteiger partial charge is 0.195 e. The number of carbonyl (C=O) groups excluding carboxylic acids is 1. The number of amidine groups is 1. The molecule has 0 unspecified atom stereocenters. The number of aliphatic imine (C=N–C) groups is 1. The second-order valence-corrected chi connectivity index (χ2v) is 6.44. The SMILES string of the molecule is CSC(=Nc1cc2c(cc1C(=O)c1cccc(Cl)c1)OCCO2)NC#N. The van der Waals surface area contributed by atoms with Crippen molar-refractivity contribution in [2.24, 2.45) is 4.99 Å². The Morgan fingerprint density at radius 3 is 2.65 bits per heavy atom. The average molecular weight is 388 g/mol. The van der Waals surface area contributed by atoms with Crippen LogP contribution in [0.25, 0.3) is 0 Å². The maximum absolute atomic E-state index is 13.0. The molecule has 1 N–H and O–H groups in total. The number of hydrogen-bond acceptors (Lipinski definition) is 6. The lowest BCUT2D eigenvalue weighted by molar-refractivity contribution is 0.103. The standard InChI is InChI=1S/C18H14ClN3O3S/c1-26-18(21-10-20)22-14-9-16-15(24-5-6-25-16)8-13(14)17(23)11-3-2-4-12(19)7-11/h2-4,7-9H,5-6H2,1H3,(H,21,22). The van der Waals surface area contributed by atoms with E-state index in [2.05, 4.69) is 10.3 Å². The van der Waals surface area contributed by atoms with Gasteiger partial charge in [-0.15, -0.1) is 0 Å². The maximum Gasteiger partial charge on any atom is 0.195 e. The van der Waals surface area contributed by atoms with Gasteiger partial charge in [0.05, 0.1) is 11.3 Å². The van der Waals surface area contributed by atoms with E-state index in [9.17, 15) is 4.79 Å². The molecule has 0 aliphatic carbocycles. The summed E-state index contributed by atoms with van der Waals surface area (Å²) in [5, 5.41) is 12.2. The second kappa shape index (κ2) is 8.13. The van der Waals surface area contributed by atoms with Gasteiger partial charge >= 0.3 is 0 Å². The summed E-state index contributed by atoms with van der Waals surface area (Å²) in [4.78, 5) is 17.4. The van der Waals surface area contributed by atoms with Crippen molar-refractivity contribution in [3.8, 4) is 17.7 Å². The maximum atomic E-state index is 13.0. The van der Waals surface area contributed by atoms with Crippen LogP contribution in [-0.2, 0) is 0 Å². The Bertz CT molecular complexity index is 924. The predicted molar refractivity (Wildman–Crippen MR) is 102 cm³/mol. The van der Waals surface area contributed by atoms with Crippen LogP contribution in [-0.4, -0.2) is 30.4 Å². The van der Waals surface area contributed by atoms with E-state index in [1.807, 2.05) is 6.19 Å². The van der Waals surface area contributed by atoms with Gasteiger partial charge < -0.3 is 9.47 Å². The van der Waals surface area contributed by atoms with Gasteiger partial charge in [0.25, 0.3) is 0 Å². The Morgan fingerprint density at radius 1 is 1.27 bits per heavy atom. The van der Waals surface area contributed by atoms with Crippen molar-refractivity contribution in [2.75, 3.05) is 19.5 Å². The van der Waals surface area contributed by atoms with Crippen LogP contribution in [0.1, 0.15) is 15.9 Å². The average Bonchev–Trinajstić information content (AvgIpc) is 2.66. The van der Waals surface area contributed by atoms with E-state index < -0.39 is 0 Å². The summed E-state index contributed by atoms with van der Waals surface area (Å²) in [6.07, 6.45) is 3.61. The molecule has 26 heavy (non-hydrogen) atoms. The van der Waals surface area contributed by atoms with Crippen LogP contribution in [0.15, 0.2) is 41.4 Å². The lowest BCUT2D eigenvalue weighted by Crippen LogP contribution is -2.17. The van der Waals surface area contributed by atoms with Gasteiger partial charge in [-0.3, -0.25) is 10.1 Å². The van der Waals surface area contributed by atoms with Crippen LogP contribution < -0.4 is 14.8 Å². The van der Waals surface area contributed by atoms with E-state index >= 15 is 0 Å². The first-order valence-corrected chi connectivity index (χ1v) is 9.24. The number of carbonyl (C=O) groups is 1. The van der Waals surface area contributed by atoms with E-state index in [1.165, 1.54) is 11.8 Å². The summed E-state index contributed by atoms with van der Waals surface area (Å²) in [6.45, 7) is 0.829. The molecule has 0 fully saturated rings. The van der Waals surface area contributed by atoms with E-state index in [1.54, 1.807) is 42.7 Å². The van der Waals surface area contributed by atoms with Crippen LogP contribution >= 0.6 is 23.4 Å². The molecular weight excluding hydrogens is 374 g/mol. The summed E-state index contributed by atoms with van der Waals surface area (Å²) in [5.74, 6) is 0.746. The van der Waals surface area contributed by atoms with Gasteiger partial charge in [0, 0.05) is 16.7 Å². The van der Waals surface area contributed by atoms with Crippen molar-refractivity contribution in [3.63, 3.8) is 0 Å². The van der Waals surface area contributed by atoms with E-state index in [0.717, 1.165) is 0 Å². The summed E-state index contributed by atoms with van der Waals surface area (Å²) in [5.41, 5.74) is 1.15. The van der Waals surface area contributed by atoms with Gasteiger partial charge in [-0.25, -0.2) is 4.99 Å². The molecule has 2 aromatic carbocycles. The lowest BCUT2D eigenvalue weighted by Gasteiger charge is -2.20. The monoisotopic (exact) mass is 387 g/mol. The number of fused-ring (bicyclic) bond motifs is 1. The van der Waals surface area contributed by atoms with Crippen LogP contribution in [0.3, 0.4) is 0 Å². The molecule has 8 heteroatoms. The predicted octanol–water partition coefficient (Wildman–Crippen LogP) is 3.76. The van der Waals surface area contributed by atoms with E-state index in [-0.39, 0.29) is 5.78 Å². The fourth-order valence-corrected chi connectivity index (χ4v) is 2.95. The van der Waals surface area contributed by atoms with Gasteiger partial charge in [-0.05, 0) is 24.5 Å². The number of hydrogen-bond donors (Lipinski definition) is 1. The molecule has 2 aromatic rings. The molecule has 0 aromatic heterocycles. The molecule has 1 aliphatic rings. The van der Waals surface area contributed by atoms with Gasteiger partial charge in [0.1, 0.15) is 13.2 Å². The van der Waals surface area contributed by atoms with Crippen LogP contribution in [0, 0.1) is 11.5 Å². The molecule has 0 bridgehead atoms. The molecule has 0 saturated carbocycles. The Kier molecular flexibility index (Phi) is 5.66. The zero-order valence-corrected chi connectivity index (χ0v) is 15.4. The Hall–Kier alpha value is -2.69. The highest BCUT2D eigenvalue weighted by atomic mass is 35.5. The third kappa shape index (κ3) is 3.93. The molecule has 3 rings (SSSR count). The number of nitrogens with one attached hydrogen (secondary N) is 1. The second-order valence-electron chi connectivity index (χ2n) is 5.21. The van der Waals surface area contributed by atoms with Gasteiger partial charge in [0.2, 0.25) is 0 Å². The van der Waals surface area contributed by atoms with Crippen molar-refractivity contribution in [2.45, 2.75) is 0 Å². The number of rotatable bonds is 3. The Balaban J connectivity index is 2.12. The molecule has 132 valence electrons. The fourth-order valence-electron chi connectivity index (χ4n) is 2.42. The highest BCUT2D eigenvalue weighted by Crippen LogP contribution is 2.38. The third-order valence-corrected chi connectivity index (χ3v) is 4.39. The van der Waals surface area contributed by atoms with Gasteiger partial charge in [0.15, 0.2) is 28.6 Å². The van der Waals surface area contributed by atoms with E-state index in [0.29, 0.717) is 51.7 Å². The first kappa shape index (κ1) is 18.1. The number of benzene rings is 2. The fraction of sp³-hybridized carbons (Fsp3) is 0.167. The highest BCUT2D eigenvalue weighted by Gasteiger charge is 2.21. The van der Waals surface area contributed by atoms with Crippen molar-refractivity contribution in [3.05, 3.63) is 52.5 Å². The molecule has 1 heterocycles. The molecule has 0 saturated heterocycles. The summed E-state index contributed by atoms with van der Waals surface area (Å²) in [7, 11) is 0. The number of halogens is 1. The van der Waals surface area contributed by atoms with Gasteiger partial charge in [-0.1, -0.05) is 35.5 Å². The first-order valence-electron chi connectivity index (χ1n) is 7.64. The van der Waals surface area contributed by atoms with Crippen molar-refractivity contribution in [1.29, 1.82) is 5.26 Å². The van der Waals surface area contributed by atoms with Crippen LogP contribution in [0.4, 0.5) is 5.69 Å². The normalized spacial score (nSPS) is 13.0. The summed E-state index contributed by atoms with van der Waals surface area (Å²) >= 11 is 7.26. The number of ketones is 1. The summed E-state index contributed by atoms with van der Waals surface area (Å²) < 4.78 is 11.2. The topological polar surface area (TPSA) is 83.7 Å². The molecule has 0 spiro atoms. The highest BCUT2D eigenvalue weighted by molar-refractivity contribution is 8.13. The molecule has 1 aliphatic heterocycles. The number of thioether (sulfide) groups is 1. The number of ether oxygens (including phenoxy) is 2. The number of nitrogens with zero attached hydrogens (tertiary/aromatic N) is 2. The largest absolute Gasteiger partial charge is 0.486 e. The van der Waals surface area contributed by atoms with Crippen LogP contribution in [0.2, 0.25) is 5.02 Å². The zero-order chi connectivity index (χ0) is 18.5.